The van der Waals surface area contributed by atoms with Crippen LogP contribution in [0.15, 0.2) is 24.3 Å². The molecule has 0 amide bonds. The van der Waals surface area contributed by atoms with E-state index in [9.17, 15) is 0 Å². The van der Waals surface area contributed by atoms with E-state index >= 15 is 0 Å². The van der Waals surface area contributed by atoms with Crippen molar-refractivity contribution in [3.05, 3.63) is 29.8 Å². The van der Waals surface area contributed by atoms with Gasteiger partial charge in [0.2, 0.25) is 0 Å². The Morgan fingerprint density at radius 3 is 3.00 bits per heavy atom. The van der Waals surface area contributed by atoms with E-state index in [1.165, 1.54) is 50.8 Å². The summed E-state index contributed by atoms with van der Waals surface area (Å²) in [5.74, 6) is 0.968. The lowest BCUT2D eigenvalue weighted by molar-refractivity contribution is 0.112. The number of likely N-dealkylation sites (tertiary alicyclic amines) is 1. The van der Waals surface area contributed by atoms with Gasteiger partial charge < -0.3 is 10.1 Å². The quantitative estimate of drug-likeness (QED) is 0.913. The molecule has 0 bridgehead atoms. The monoisotopic (exact) mass is 274 g/mol. The molecule has 3 rings (SSSR count). The third-order valence-electron chi connectivity index (χ3n) is 4.75. The highest BCUT2D eigenvalue weighted by atomic mass is 16.5. The van der Waals surface area contributed by atoms with Crippen LogP contribution in [0.1, 0.15) is 37.7 Å². The van der Waals surface area contributed by atoms with Crippen LogP contribution in [0.5, 0.6) is 5.75 Å². The highest BCUT2D eigenvalue weighted by Gasteiger charge is 2.31. The minimum Gasteiger partial charge on any atom is -0.497 e. The lowest BCUT2D eigenvalue weighted by atomic mass is 9.94. The second-order valence-electron chi connectivity index (χ2n) is 6.09. The predicted octanol–water partition coefficient (Wildman–Crippen LogP) is 2.80. The SMILES string of the molecule is COc1cccc(CN2CCCCC2C2CCCN2)c1. The summed E-state index contributed by atoms with van der Waals surface area (Å²) in [4.78, 5) is 2.68. The zero-order valence-corrected chi connectivity index (χ0v) is 12.5. The Labute approximate surface area is 122 Å². The molecule has 0 spiro atoms. The molecule has 20 heavy (non-hydrogen) atoms. The van der Waals surface area contributed by atoms with Gasteiger partial charge in [-0.1, -0.05) is 18.6 Å². The van der Waals surface area contributed by atoms with Gasteiger partial charge in [0.15, 0.2) is 0 Å². The molecular weight excluding hydrogens is 248 g/mol. The van der Waals surface area contributed by atoms with E-state index in [1.807, 2.05) is 6.07 Å². The Hall–Kier alpha value is -1.06. The minimum atomic E-state index is 0.709. The first-order chi connectivity index (χ1) is 9.86. The number of methoxy groups -OCH3 is 1. The first-order valence-corrected chi connectivity index (χ1v) is 7.97. The summed E-state index contributed by atoms with van der Waals surface area (Å²) in [6.07, 6.45) is 6.76. The van der Waals surface area contributed by atoms with Crippen LogP contribution in [0.2, 0.25) is 0 Å². The molecule has 110 valence electrons. The predicted molar refractivity (Wildman–Crippen MR) is 82.1 cm³/mol. The fraction of sp³-hybridized carbons (Fsp3) is 0.647. The van der Waals surface area contributed by atoms with Crippen molar-refractivity contribution in [2.45, 2.75) is 50.7 Å². The molecule has 2 atom stereocenters. The third kappa shape index (κ3) is 3.15. The zero-order chi connectivity index (χ0) is 13.8. The highest BCUT2D eigenvalue weighted by Crippen LogP contribution is 2.26. The number of nitrogens with one attached hydrogen (secondary N) is 1. The lowest BCUT2D eigenvalue weighted by Gasteiger charge is -2.39. The molecule has 1 aromatic carbocycles. The molecule has 2 unspecified atom stereocenters. The van der Waals surface area contributed by atoms with Gasteiger partial charge in [0.25, 0.3) is 0 Å². The Balaban J connectivity index is 1.69. The molecule has 2 heterocycles. The van der Waals surface area contributed by atoms with E-state index in [1.54, 1.807) is 7.11 Å². The number of benzene rings is 1. The van der Waals surface area contributed by atoms with Crippen LogP contribution in [-0.4, -0.2) is 37.2 Å². The number of ether oxygens (including phenoxy) is 1. The third-order valence-corrected chi connectivity index (χ3v) is 4.75. The smallest absolute Gasteiger partial charge is 0.119 e. The maximum absolute atomic E-state index is 5.34. The van der Waals surface area contributed by atoms with Crippen molar-refractivity contribution in [1.82, 2.24) is 10.2 Å². The Kier molecular flexibility index (Phi) is 4.58. The van der Waals surface area contributed by atoms with E-state index in [0.29, 0.717) is 6.04 Å². The molecular formula is C17H26N2O. The van der Waals surface area contributed by atoms with Crippen LogP contribution in [0.3, 0.4) is 0 Å². The molecule has 3 nitrogen and oxygen atoms in total. The molecule has 0 saturated carbocycles. The average molecular weight is 274 g/mol. The van der Waals surface area contributed by atoms with Crippen LogP contribution in [-0.2, 0) is 6.54 Å². The first-order valence-electron chi connectivity index (χ1n) is 7.97. The number of piperidine rings is 1. The van der Waals surface area contributed by atoms with Crippen molar-refractivity contribution in [2.75, 3.05) is 20.2 Å². The summed E-state index contributed by atoms with van der Waals surface area (Å²) >= 11 is 0. The maximum Gasteiger partial charge on any atom is 0.119 e. The molecule has 2 aliphatic rings. The Morgan fingerprint density at radius 2 is 2.20 bits per heavy atom. The van der Waals surface area contributed by atoms with E-state index in [0.717, 1.165) is 18.3 Å². The van der Waals surface area contributed by atoms with Crippen molar-refractivity contribution in [3.8, 4) is 5.75 Å². The van der Waals surface area contributed by atoms with Gasteiger partial charge in [-0.15, -0.1) is 0 Å². The molecule has 2 fully saturated rings. The zero-order valence-electron chi connectivity index (χ0n) is 12.5. The molecule has 1 N–H and O–H groups in total. The van der Waals surface area contributed by atoms with Crippen molar-refractivity contribution in [2.24, 2.45) is 0 Å². The van der Waals surface area contributed by atoms with E-state index < -0.39 is 0 Å². The number of hydrogen-bond donors (Lipinski definition) is 1. The Morgan fingerprint density at radius 1 is 1.25 bits per heavy atom. The summed E-state index contributed by atoms with van der Waals surface area (Å²) in [6, 6.07) is 9.94. The lowest BCUT2D eigenvalue weighted by Crippen LogP contribution is -2.49. The second kappa shape index (κ2) is 6.59. The van der Waals surface area contributed by atoms with Crippen LogP contribution >= 0.6 is 0 Å². The first kappa shape index (κ1) is 13.9. The summed E-state index contributed by atoms with van der Waals surface area (Å²) in [7, 11) is 1.74. The van der Waals surface area contributed by atoms with E-state index in [-0.39, 0.29) is 0 Å². The number of rotatable bonds is 4. The van der Waals surface area contributed by atoms with Gasteiger partial charge >= 0.3 is 0 Å². The molecule has 2 saturated heterocycles. The average Bonchev–Trinajstić information content (AvgIpc) is 3.02. The number of nitrogens with zero attached hydrogens (tertiary/aromatic N) is 1. The molecule has 1 aromatic rings. The largest absolute Gasteiger partial charge is 0.497 e. The van der Waals surface area contributed by atoms with Crippen molar-refractivity contribution >= 4 is 0 Å². The van der Waals surface area contributed by atoms with Crippen LogP contribution < -0.4 is 10.1 Å². The standard InChI is InChI=1S/C17H26N2O/c1-20-15-7-4-6-14(12-15)13-19-11-3-2-9-17(19)16-8-5-10-18-16/h4,6-7,12,16-18H,2-3,5,8-11,13H2,1H3. The van der Waals surface area contributed by atoms with Crippen LogP contribution in [0.25, 0.3) is 0 Å². The van der Waals surface area contributed by atoms with Gasteiger partial charge in [0, 0.05) is 18.6 Å². The highest BCUT2D eigenvalue weighted by molar-refractivity contribution is 5.28. The van der Waals surface area contributed by atoms with Crippen LogP contribution in [0, 0.1) is 0 Å². The number of hydrogen-bond acceptors (Lipinski definition) is 3. The topological polar surface area (TPSA) is 24.5 Å². The minimum absolute atomic E-state index is 0.709. The summed E-state index contributed by atoms with van der Waals surface area (Å²) in [6.45, 7) is 3.49. The van der Waals surface area contributed by atoms with Crippen molar-refractivity contribution < 1.29 is 4.74 Å². The van der Waals surface area contributed by atoms with Gasteiger partial charge in [-0.25, -0.2) is 0 Å². The van der Waals surface area contributed by atoms with Gasteiger partial charge in [0.05, 0.1) is 7.11 Å². The second-order valence-corrected chi connectivity index (χ2v) is 6.09. The van der Waals surface area contributed by atoms with Crippen LogP contribution in [0.4, 0.5) is 0 Å². The van der Waals surface area contributed by atoms with Gasteiger partial charge in [-0.2, -0.15) is 0 Å². The molecule has 2 aliphatic heterocycles. The summed E-state index contributed by atoms with van der Waals surface area (Å²) in [5, 5.41) is 3.70. The van der Waals surface area contributed by atoms with Gasteiger partial charge in [0.1, 0.15) is 5.75 Å². The van der Waals surface area contributed by atoms with Gasteiger partial charge in [-0.3, -0.25) is 4.90 Å². The normalized spacial score (nSPS) is 27.6. The fourth-order valence-corrected chi connectivity index (χ4v) is 3.71. The molecule has 3 heteroatoms. The van der Waals surface area contributed by atoms with Gasteiger partial charge in [-0.05, 0) is 56.5 Å². The molecule has 0 aromatic heterocycles. The summed E-state index contributed by atoms with van der Waals surface area (Å²) < 4.78 is 5.34. The molecule has 0 aliphatic carbocycles. The molecule has 0 radical (unpaired) electrons. The fourth-order valence-electron chi connectivity index (χ4n) is 3.71. The Bertz CT molecular complexity index is 429. The maximum atomic E-state index is 5.34. The van der Waals surface area contributed by atoms with Crippen molar-refractivity contribution in [1.29, 1.82) is 0 Å². The van der Waals surface area contributed by atoms with Crippen molar-refractivity contribution in [3.63, 3.8) is 0 Å². The van der Waals surface area contributed by atoms with E-state index in [2.05, 4.69) is 28.4 Å². The van der Waals surface area contributed by atoms with E-state index in [4.69, 9.17) is 4.74 Å². The summed E-state index contributed by atoms with van der Waals surface area (Å²) in [5.41, 5.74) is 1.37.